The molecular weight excluding hydrogens is 144 g/mol. The van der Waals surface area contributed by atoms with Crippen LogP contribution in [0.25, 0.3) is 0 Å². The Balaban J connectivity index is 3.77. The molecule has 2 atom stereocenters. The van der Waals surface area contributed by atoms with Crippen molar-refractivity contribution in [3.63, 3.8) is 0 Å². The van der Waals surface area contributed by atoms with E-state index in [1.807, 2.05) is 20.8 Å². The predicted molar refractivity (Wildman–Crippen MR) is 44.0 cm³/mol. The predicted octanol–water partition coefficient (Wildman–Crippen LogP) is -0.987. The van der Waals surface area contributed by atoms with Crippen LogP contribution < -0.4 is 11.1 Å². The van der Waals surface area contributed by atoms with Crippen molar-refractivity contribution < 1.29 is 10.2 Å². The van der Waals surface area contributed by atoms with E-state index in [2.05, 4.69) is 5.32 Å². The normalized spacial score (nSPS) is 18.0. The molecule has 0 heterocycles. The van der Waals surface area contributed by atoms with E-state index in [4.69, 9.17) is 10.8 Å². The molecule has 0 spiro atoms. The number of hydrogen-bond acceptors (Lipinski definition) is 4. The standard InChI is InChI=1S/C7H18N2O2/c1-7(2,3)9-6(11)5(10)4-8/h5-6,9-11H,4,8H2,1-3H3. The molecule has 0 amide bonds. The lowest BCUT2D eigenvalue weighted by molar-refractivity contribution is -0.0109. The Kier molecular flexibility index (Phi) is 3.96. The van der Waals surface area contributed by atoms with E-state index < -0.39 is 12.3 Å². The zero-order valence-corrected chi connectivity index (χ0v) is 7.33. The summed E-state index contributed by atoms with van der Waals surface area (Å²) in [6.45, 7) is 5.77. The largest absolute Gasteiger partial charge is 0.388 e. The molecule has 0 rings (SSSR count). The number of aliphatic hydroxyl groups excluding tert-OH is 2. The van der Waals surface area contributed by atoms with Crippen molar-refractivity contribution in [3.8, 4) is 0 Å². The van der Waals surface area contributed by atoms with E-state index in [0.717, 1.165) is 0 Å². The minimum atomic E-state index is -0.944. The third-order valence-electron chi connectivity index (χ3n) is 1.19. The first kappa shape index (κ1) is 10.8. The first-order valence-electron chi connectivity index (χ1n) is 3.70. The summed E-state index contributed by atoms with van der Waals surface area (Å²) in [5, 5.41) is 21.1. The van der Waals surface area contributed by atoms with Gasteiger partial charge in [0.25, 0.3) is 0 Å². The van der Waals surface area contributed by atoms with E-state index in [9.17, 15) is 5.11 Å². The van der Waals surface area contributed by atoms with Gasteiger partial charge in [0.15, 0.2) is 0 Å². The highest BCUT2D eigenvalue weighted by Gasteiger charge is 2.20. The summed E-state index contributed by atoms with van der Waals surface area (Å²) >= 11 is 0. The number of aliphatic hydroxyl groups is 2. The van der Waals surface area contributed by atoms with E-state index in [1.165, 1.54) is 0 Å². The maximum absolute atomic E-state index is 9.21. The van der Waals surface area contributed by atoms with Crippen molar-refractivity contribution >= 4 is 0 Å². The molecule has 11 heavy (non-hydrogen) atoms. The van der Waals surface area contributed by atoms with Gasteiger partial charge in [0.05, 0.1) is 0 Å². The van der Waals surface area contributed by atoms with Crippen LogP contribution in [0.4, 0.5) is 0 Å². The highest BCUT2D eigenvalue weighted by molar-refractivity contribution is 4.76. The fraction of sp³-hybridized carbons (Fsp3) is 1.00. The maximum atomic E-state index is 9.21. The molecule has 0 saturated carbocycles. The molecule has 0 radical (unpaired) electrons. The van der Waals surface area contributed by atoms with Crippen LogP contribution in [-0.2, 0) is 0 Å². The molecule has 0 aromatic carbocycles. The first-order chi connectivity index (χ1) is 4.87. The minimum Gasteiger partial charge on any atom is -0.388 e. The van der Waals surface area contributed by atoms with Gasteiger partial charge in [-0.3, -0.25) is 5.32 Å². The Morgan fingerprint density at radius 3 is 2.09 bits per heavy atom. The molecule has 0 aromatic rings. The summed E-state index contributed by atoms with van der Waals surface area (Å²) < 4.78 is 0. The second-order valence-corrected chi connectivity index (χ2v) is 3.64. The van der Waals surface area contributed by atoms with Crippen molar-refractivity contribution in [2.45, 2.75) is 38.6 Å². The molecular formula is C7H18N2O2. The second kappa shape index (κ2) is 4.01. The summed E-state index contributed by atoms with van der Waals surface area (Å²) in [5.74, 6) is 0. The number of nitrogens with two attached hydrogens (primary N) is 1. The van der Waals surface area contributed by atoms with Crippen LogP contribution in [0.3, 0.4) is 0 Å². The van der Waals surface area contributed by atoms with Crippen LogP contribution in [0.15, 0.2) is 0 Å². The molecule has 2 unspecified atom stereocenters. The zero-order chi connectivity index (χ0) is 9.07. The highest BCUT2D eigenvalue weighted by Crippen LogP contribution is 2.01. The van der Waals surface area contributed by atoms with Crippen molar-refractivity contribution in [2.24, 2.45) is 5.73 Å². The molecule has 0 aliphatic heterocycles. The van der Waals surface area contributed by atoms with Crippen molar-refractivity contribution in [2.75, 3.05) is 6.54 Å². The van der Waals surface area contributed by atoms with Gasteiger partial charge in [-0.2, -0.15) is 0 Å². The molecule has 0 aliphatic carbocycles. The summed E-state index contributed by atoms with van der Waals surface area (Å²) in [5.41, 5.74) is 4.93. The summed E-state index contributed by atoms with van der Waals surface area (Å²) in [6, 6.07) is 0. The Bertz CT molecular complexity index is 111. The van der Waals surface area contributed by atoms with Gasteiger partial charge in [-0.15, -0.1) is 0 Å². The SMILES string of the molecule is CC(C)(C)NC(O)C(O)CN. The Morgan fingerprint density at radius 2 is 1.82 bits per heavy atom. The monoisotopic (exact) mass is 162 g/mol. The quantitative estimate of drug-likeness (QED) is 0.402. The topological polar surface area (TPSA) is 78.5 Å². The second-order valence-electron chi connectivity index (χ2n) is 3.64. The lowest BCUT2D eigenvalue weighted by Gasteiger charge is -2.27. The smallest absolute Gasteiger partial charge is 0.132 e. The van der Waals surface area contributed by atoms with Crippen molar-refractivity contribution in [3.05, 3.63) is 0 Å². The van der Waals surface area contributed by atoms with Crippen LogP contribution in [0.1, 0.15) is 20.8 Å². The average molecular weight is 162 g/mol. The highest BCUT2D eigenvalue weighted by atomic mass is 16.3. The van der Waals surface area contributed by atoms with Gasteiger partial charge >= 0.3 is 0 Å². The van der Waals surface area contributed by atoms with Crippen LogP contribution in [0.2, 0.25) is 0 Å². The fourth-order valence-corrected chi connectivity index (χ4v) is 0.669. The molecule has 5 N–H and O–H groups in total. The van der Waals surface area contributed by atoms with Crippen molar-refractivity contribution in [1.29, 1.82) is 0 Å². The average Bonchev–Trinajstić information content (AvgIpc) is 1.82. The van der Waals surface area contributed by atoms with Gasteiger partial charge in [0, 0.05) is 12.1 Å². The Hall–Kier alpha value is -0.160. The lowest BCUT2D eigenvalue weighted by Crippen LogP contribution is -2.51. The number of hydrogen-bond donors (Lipinski definition) is 4. The number of rotatable bonds is 3. The Morgan fingerprint density at radius 1 is 1.36 bits per heavy atom. The molecule has 0 bridgehead atoms. The molecule has 4 nitrogen and oxygen atoms in total. The minimum absolute atomic E-state index is 0.0598. The lowest BCUT2D eigenvalue weighted by atomic mass is 10.1. The third-order valence-corrected chi connectivity index (χ3v) is 1.19. The molecule has 0 saturated heterocycles. The zero-order valence-electron chi connectivity index (χ0n) is 7.33. The van der Waals surface area contributed by atoms with Gasteiger partial charge in [-0.1, -0.05) is 0 Å². The molecule has 0 aromatic heterocycles. The molecule has 68 valence electrons. The Labute approximate surface area is 67.4 Å². The number of nitrogens with one attached hydrogen (secondary N) is 1. The summed E-state index contributed by atoms with van der Waals surface area (Å²) in [7, 11) is 0. The van der Waals surface area contributed by atoms with Crippen LogP contribution in [0.5, 0.6) is 0 Å². The van der Waals surface area contributed by atoms with E-state index in [1.54, 1.807) is 0 Å². The van der Waals surface area contributed by atoms with Gasteiger partial charge in [-0.05, 0) is 20.8 Å². The fourth-order valence-electron chi connectivity index (χ4n) is 0.669. The molecule has 0 aliphatic rings. The van der Waals surface area contributed by atoms with E-state index in [-0.39, 0.29) is 12.1 Å². The van der Waals surface area contributed by atoms with Crippen LogP contribution >= 0.6 is 0 Å². The van der Waals surface area contributed by atoms with Crippen LogP contribution in [-0.4, -0.2) is 34.6 Å². The van der Waals surface area contributed by atoms with E-state index >= 15 is 0 Å². The first-order valence-corrected chi connectivity index (χ1v) is 3.70. The van der Waals surface area contributed by atoms with E-state index in [0.29, 0.717) is 0 Å². The maximum Gasteiger partial charge on any atom is 0.132 e. The summed E-state index contributed by atoms with van der Waals surface area (Å²) in [4.78, 5) is 0. The third kappa shape index (κ3) is 5.15. The molecule has 0 fully saturated rings. The van der Waals surface area contributed by atoms with Crippen LogP contribution in [0, 0.1) is 0 Å². The van der Waals surface area contributed by atoms with Gasteiger partial charge in [0.1, 0.15) is 12.3 Å². The van der Waals surface area contributed by atoms with Crippen molar-refractivity contribution in [1.82, 2.24) is 5.32 Å². The molecule has 4 heteroatoms. The van der Waals surface area contributed by atoms with Gasteiger partial charge in [0.2, 0.25) is 0 Å². The summed E-state index contributed by atoms with van der Waals surface area (Å²) in [6.07, 6.45) is -1.84. The van der Waals surface area contributed by atoms with Gasteiger partial charge < -0.3 is 15.9 Å². The van der Waals surface area contributed by atoms with Gasteiger partial charge in [-0.25, -0.2) is 0 Å².